The Morgan fingerprint density at radius 2 is 1.85 bits per heavy atom. The molecule has 0 radical (unpaired) electrons. The van der Waals surface area contributed by atoms with Gasteiger partial charge in [0.1, 0.15) is 7.05 Å². The second kappa shape index (κ2) is 6.54. The quantitative estimate of drug-likeness (QED) is 0.452. The molecule has 2 aromatic heterocycles. The van der Waals surface area contributed by atoms with E-state index in [-0.39, 0.29) is 24.0 Å². The molecule has 0 aliphatic heterocycles. The van der Waals surface area contributed by atoms with E-state index in [1.54, 1.807) is 0 Å². The number of pyridine rings is 1. The van der Waals surface area contributed by atoms with Crippen LogP contribution in [0, 0.1) is 0 Å². The van der Waals surface area contributed by atoms with E-state index in [0.717, 1.165) is 9.99 Å². The number of benzene rings is 1. The summed E-state index contributed by atoms with van der Waals surface area (Å²) in [4.78, 5) is 3.28. The molecule has 0 atom stereocenters. The maximum Gasteiger partial charge on any atom is 0.169 e. The highest BCUT2D eigenvalue weighted by molar-refractivity contribution is 9.10. The van der Waals surface area contributed by atoms with Gasteiger partial charge in [-0.3, -0.25) is 0 Å². The van der Waals surface area contributed by atoms with Crippen LogP contribution in [-0.4, -0.2) is 4.98 Å². The Balaban J connectivity index is 0.00000147. The second-order valence-electron chi connectivity index (χ2n) is 4.56. The first-order valence-electron chi connectivity index (χ1n) is 6.12. The Morgan fingerprint density at radius 1 is 1.10 bits per heavy atom. The maximum atomic E-state index is 3.51. The van der Waals surface area contributed by atoms with Gasteiger partial charge in [-0.15, -0.1) is 0 Å². The molecule has 0 amide bonds. The zero-order chi connectivity index (χ0) is 13.2. The highest BCUT2D eigenvalue weighted by Crippen LogP contribution is 2.24. The van der Waals surface area contributed by atoms with Crippen molar-refractivity contribution in [3.05, 3.63) is 64.5 Å². The van der Waals surface area contributed by atoms with E-state index in [1.807, 2.05) is 36.3 Å². The summed E-state index contributed by atoms with van der Waals surface area (Å²) in [7, 11) is 2.02. The average Bonchev–Trinajstić information content (AvgIpc) is 2.80. The Kier molecular flexibility index (Phi) is 4.99. The molecular weight excluding hydrogens is 427 g/mol. The molecule has 0 fully saturated rings. The van der Waals surface area contributed by atoms with Crippen LogP contribution in [0.4, 0.5) is 0 Å². The summed E-state index contributed by atoms with van der Waals surface area (Å²) < 4.78 is 3.13. The Hall–Kier alpha value is -1.14. The number of aromatic nitrogens is 2. The van der Waals surface area contributed by atoms with Crippen molar-refractivity contribution in [3.63, 3.8) is 0 Å². The molecule has 1 N–H and O–H groups in total. The van der Waals surface area contributed by atoms with E-state index in [1.165, 1.54) is 16.5 Å². The molecule has 4 heteroatoms. The zero-order valence-electron chi connectivity index (χ0n) is 11.0. The van der Waals surface area contributed by atoms with Gasteiger partial charge in [-0.05, 0) is 29.3 Å². The average molecular weight is 441 g/mol. The number of nitrogens with one attached hydrogen (secondary N) is 1. The molecule has 3 rings (SSSR count). The third kappa shape index (κ3) is 3.30. The van der Waals surface area contributed by atoms with Gasteiger partial charge in [-0.25, -0.2) is 4.57 Å². The van der Waals surface area contributed by atoms with E-state index in [0.29, 0.717) is 0 Å². The fraction of sp³-hybridized carbons (Fsp3) is 0.0625. The molecule has 20 heavy (non-hydrogen) atoms. The molecule has 2 heterocycles. The van der Waals surface area contributed by atoms with Crippen molar-refractivity contribution in [2.45, 2.75) is 0 Å². The minimum Gasteiger partial charge on any atom is -1.00 e. The van der Waals surface area contributed by atoms with Crippen LogP contribution in [0.5, 0.6) is 0 Å². The van der Waals surface area contributed by atoms with Crippen LogP contribution in [0.1, 0.15) is 11.1 Å². The summed E-state index contributed by atoms with van der Waals surface area (Å²) in [5, 5.41) is 1.23. The first-order chi connectivity index (χ1) is 9.22. The smallest absolute Gasteiger partial charge is 0.169 e. The molecule has 102 valence electrons. The van der Waals surface area contributed by atoms with Crippen LogP contribution >= 0.6 is 15.9 Å². The van der Waals surface area contributed by atoms with Crippen molar-refractivity contribution in [3.8, 4) is 0 Å². The lowest BCUT2D eigenvalue weighted by Gasteiger charge is -1.94. The lowest BCUT2D eigenvalue weighted by molar-refractivity contribution is -0.671. The molecule has 0 aliphatic carbocycles. The molecule has 3 aromatic rings. The first-order valence-corrected chi connectivity index (χ1v) is 6.92. The topological polar surface area (TPSA) is 19.7 Å². The third-order valence-electron chi connectivity index (χ3n) is 3.14. The lowest BCUT2D eigenvalue weighted by Crippen LogP contribution is -3.00. The monoisotopic (exact) mass is 440 g/mol. The number of aromatic amines is 1. The lowest BCUT2D eigenvalue weighted by atomic mass is 10.1. The summed E-state index contributed by atoms with van der Waals surface area (Å²) in [5.74, 6) is 0. The number of fused-ring (bicyclic) bond motifs is 1. The molecule has 0 aliphatic rings. The van der Waals surface area contributed by atoms with Crippen LogP contribution in [0.2, 0.25) is 0 Å². The van der Waals surface area contributed by atoms with Gasteiger partial charge in [0.2, 0.25) is 0 Å². The summed E-state index contributed by atoms with van der Waals surface area (Å²) in [6.45, 7) is 0. The van der Waals surface area contributed by atoms with Crippen LogP contribution in [0.25, 0.3) is 23.1 Å². The van der Waals surface area contributed by atoms with Crippen LogP contribution in [-0.2, 0) is 7.05 Å². The summed E-state index contributed by atoms with van der Waals surface area (Å²) in [5.41, 5.74) is 3.55. The summed E-state index contributed by atoms with van der Waals surface area (Å²) in [6, 6.07) is 10.5. The predicted octanol–water partition coefficient (Wildman–Crippen LogP) is 0.929. The Bertz CT molecular complexity index is 745. The van der Waals surface area contributed by atoms with Gasteiger partial charge in [0.25, 0.3) is 0 Å². The standard InChI is InChI=1S/C16H13BrN2.HI/c1-19-8-6-12(7-9-19)2-3-13-11-18-16-5-4-14(17)10-15(13)16;/h2-11H,1H3;1H. The third-order valence-corrected chi connectivity index (χ3v) is 3.63. The molecule has 2 nitrogen and oxygen atoms in total. The number of hydrogen-bond donors (Lipinski definition) is 1. The minimum absolute atomic E-state index is 0. The van der Waals surface area contributed by atoms with E-state index in [9.17, 15) is 0 Å². The van der Waals surface area contributed by atoms with Gasteiger partial charge >= 0.3 is 0 Å². The molecule has 0 saturated carbocycles. The van der Waals surface area contributed by atoms with E-state index >= 15 is 0 Å². The molecule has 0 spiro atoms. The second-order valence-corrected chi connectivity index (χ2v) is 5.48. The van der Waals surface area contributed by atoms with Crippen molar-refractivity contribution in [2.75, 3.05) is 0 Å². The SMILES string of the molecule is C[n+]1ccc(/C=C/c2c[nH]c3ccc(Br)cc23)cc1.[I-]. The number of H-pyrrole nitrogens is 1. The highest BCUT2D eigenvalue weighted by atomic mass is 127. The van der Waals surface area contributed by atoms with E-state index < -0.39 is 0 Å². The molecule has 0 saturated heterocycles. The number of rotatable bonds is 2. The Labute approximate surface area is 143 Å². The van der Waals surface area contributed by atoms with Crippen LogP contribution in [0.15, 0.2) is 53.4 Å². The summed E-state index contributed by atoms with van der Waals surface area (Å²) >= 11 is 3.51. The number of aryl methyl sites for hydroxylation is 1. The normalized spacial score (nSPS) is 10.9. The zero-order valence-corrected chi connectivity index (χ0v) is 14.7. The van der Waals surface area contributed by atoms with E-state index in [4.69, 9.17) is 0 Å². The predicted molar refractivity (Wildman–Crippen MR) is 82.5 cm³/mol. The maximum absolute atomic E-state index is 3.51. The Morgan fingerprint density at radius 3 is 2.60 bits per heavy atom. The van der Waals surface area contributed by atoms with E-state index in [2.05, 4.69) is 57.3 Å². The van der Waals surface area contributed by atoms with Crippen molar-refractivity contribution in [1.29, 1.82) is 0 Å². The first kappa shape index (κ1) is 15.3. The van der Waals surface area contributed by atoms with Gasteiger partial charge in [-0.1, -0.05) is 28.1 Å². The van der Waals surface area contributed by atoms with Crippen molar-refractivity contribution in [2.24, 2.45) is 7.05 Å². The fourth-order valence-electron chi connectivity index (χ4n) is 2.06. The van der Waals surface area contributed by atoms with Gasteiger partial charge in [0.05, 0.1) is 0 Å². The highest BCUT2D eigenvalue weighted by Gasteiger charge is 2.01. The van der Waals surface area contributed by atoms with Gasteiger partial charge < -0.3 is 29.0 Å². The van der Waals surface area contributed by atoms with Crippen molar-refractivity contribution < 1.29 is 28.5 Å². The van der Waals surface area contributed by atoms with Crippen molar-refractivity contribution in [1.82, 2.24) is 4.98 Å². The fourth-order valence-corrected chi connectivity index (χ4v) is 2.42. The van der Waals surface area contributed by atoms with Gasteiger partial charge in [0.15, 0.2) is 12.4 Å². The van der Waals surface area contributed by atoms with Crippen LogP contribution in [0.3, 0.4) is 0 Å². The van der Waals surface area contributed by atoms with Crippen LogP contribution < -0.4 is 28.5 Å². The van der Waals surface area contributed by atoms with Gasteiger partial charge in [0, 0.05) is 33.7 Å². The van der Waals surface area contributed by atoms with Crippen molar-refractivity contribution >= 4 is 39.0 Å². The number of nitrogens with zero attached hydrogens (tertiary/aromatic N) is 1. The number of halogens is 2. The number of hydrogen-bond acceptors (Lipinski definition) is 0. The molecule has 0 bridgehead atoms. The minimum atomic E-state index is 0. The largest absolute Gasteiger partial charge is 1.00 e. The molecule has 0 unspecified atom stereocenters. The summed E-state index contributed by atoms with van der Waals surface area (Å²) in [6.07, 6.45) is 10.4. The molecule has 1 aromatic carbocycles. The van der Waals surface area contributed by atoms with Gasteiger partial charge in [-0.2, -0.15) is 0 Å². The molecular formula is C16H14BrIN2.